The minimum absolute atomic E-state index is 0.0418. The van der Waals surface area contributed by atoms with Gasteiger partial charge in [0.15, 0.2) is 0 Å². The van der Waals surface area contributed by atoms with Gasteiger partial charge in [0.1, 0.15) is 0 Å². The Balaban J connectivity index is 2.29. The number of hydrogen-bond acceptors (Lipinski definition) is 1. The zero-order valence-electron chi connectivity index (χ0n) is 7.97. The van der Waals surface area contributed by atoms with Crippen LogP contribution in [0.5, 0.6) is 0 Å². The van der Waals surface area contributed by atoms with Crippen molar-refractivity contribution in [2.75, 3.05) is 0 Å². The lowest BCUT2D eigenvalue weighted by atomic mass is 9.90. The molecule has 2 heteroatoms. The molecule has 0 fully saturated rings. The first-order chi connectivity index (χ1) is 6.77. The Kier molecular flexibility index (Phi) is 1.38. The third kappa shape index (κ3) is 0.830. The Morgan fingerprint density at radius 1 is 1.36 bits per heavy atom. The van der Waals surface area contributed by atoms with Crippen LogP contribution < -0.4 is 0 Å². The highest BCUT2D eigenvalue weighted by Gasteiger charge is 2.30. The average Bonchev–Trinajstić information content (AvgIpc) is 2.58. The van der Waals surface area contributed by atoms with E-state index in [0.29, 0.717) is 0 Å². The van der Waals surface area contributed by atoms with E-state index in [4.69, 9.17) is 0 Å². The first-order valence-corrected chi connectivity index (χ1v) is 4.85. The third-order valence-corrected chi connectivity index (χ3v) is 3.07. The number of carbonyl (C=O) groups excluding carboxylic acids is 1. The van der Waals surface area contributed by atoms with Gasteiger partial charge < -0.3 is 0 Å². The summed E-state index contributed by atoms with van der Waals surface area (Å²) < 4.78 is 1.78. The van der Waals surface area contributed by atoms with Crippen molar-refractivity contribution in [1.82, 2.24) is 4.57 Å². The fraction of sp³-hybridized carbons (Fsp3) is 0.250. The summed E-state index contributed by atoms with van der Waals surface area (Å²) in [6.07, 6.45) is 8.18. The number of rotatable bonds is 0. The van der Waals surface area contributed by atoms with Crippen LogP contribution in [0.1, 0.15) is 23.3 Å². The van der Waals surface area contributed by atoms with E-state index in [0.717, 1.165) is 5.69 Å². The maximum atomic E-state index is 12.0. The van der Waals surface area contributed by atoms with Crippen LogP contribution >= 0.6 is 0 Å². The lowest BCUT2D eigenvalue weighted by molar-refractivity contribution is 0.0879. The van der Waals surface area contributed by atoms with Gasteiger partial charge in [-0.2, -0.15) is 0 Å². The van der Waals surface area contributed by atoms with Gasteiger partial charge in [0.05, 0.1) is 5.92 Å². The van der Waals surface area contributed by atoms with Gasteiger partial charge in [0.2, 0.25) is 5.91 Å². The summed E-state index contributed by atoms with van der Waals surface area (Å²) >= 11 is 0. The first kappa shape index (κ1) is 7.80. The van der Waals surface area contributed by atoms with Gasteiger partial charge in [-0.3, -0.25) is 9.36 Å². The minimum Gasteiger partial charge on any atom is -0.290 e. The van der Waals surface area contributed by atoms with Crippen molar-refractivity contribution < 1.29 is 4.79 Å². The molecule has 2 aliphatic heterocycles. The molecular weight excluding hydrogens is 174 g/mol. The molecule has 0 saturated carbocycles. The van der Waals surface area contributed by atoms with Crippen LogP contribution in [0.4, 0.5) is 0 Å². The Hall–Kier alpha value is -1.57. The van der Waals surface area contributed by atoms with Crippen molar-refractivity contribution in [3.05, 3.63) is 47.8 Å². The molecule has 1 aliphatic carbocycles. The number of allylic oxidation sites excluding steroid dienone is 4. The van der Waals surface area contributed by atoms with E-state index in [-0.39, 0.29) is 17.7 Å². The van der Waals surface area contributed by atoms with Crippen LogP contribution in [0.2, 0.25) is 0 Å². The molecule has 4 rings (SSSR count). The summed E-state index contributed by atoms with van der Waals surface area (Å²) in [4.78, 5) is 12.0. The van der Waals surface area contributed by atoms with Crippen LogP contribution in [-0.4, -0.2) is 10.5 Å². The fourth-order valence-corrected chi connectivity index (χ4v) is 2.30. The van der Waals surface area contributed by atoms with E-state index in [1.54, 1.807) is 4.57 Å². The number of hydrogen-bond donors (Lipinski definition) is 0. The highest BCUT2D eigenvalue weighted by atomic mass is 16.2. The maximum absolute atomic E-state index is 12.0. The standard InChI is InChI=1S/C12H11NO/c1-8-7-9-4-5-10(8)12(14)13-6-2-3-11(9)13/h2-7,9-10H,1H3. The Morgan fingerprint density at radius 3 is 3.00 bits per heavy atom. The quantitative estimate of drug-likeness (QED) is 0.569. The van der Waals surface area contributed by atoms with Gasteiger partial charge in [0, 0.05) is 17.8 Å². The predicted molar refractivity (Wildman–Crippen MR) is 54.2 cm³/mol. The molecule has 1 aromatic rings. The second-order valence-corrected chi connectivity index (χ2v) is 3.94. The summed E-state index contributed by atoms with van der Waals surface area (Å²) in [6, 6.07) is 3.95. The van der Waals surface area contributed by atoms with Crippen molar-refractivity contribution >= 4 is 5.91 Å². The molecule has 3 heterocycles. The monoisotopic (exact) mass is 185 g/mol. The smallest absolute Gasteiger partial charge is 0.241 e. The largest absolute Gasteiger partial charge is 0.290 e. The molecule has 0 aromatic carbocycles. The van der Waals surface area contributed by atoms with Gasteiger partial charge in [0.25, 0.3) is 0 Å². The molecule has 2 bridgehead atoms. The SMILES string of the molecule is CC1=CC2C=CC1C(=O)n1cccc12. The molecule has 0 radical (unpaired) electrons. The van der Waals surface area contributed by atoms with Crippen molar-refractivity contribution in [1.29, 1.82) is 0 Å². The highest BCUT2D eigenvalue weighted by Crippen LogP contribution is 2.34. The molecule has 0 spiro atoms. The molecule has 0 amide bonds. The lowest BCUT2D eigenvalue weighted by Crippen LogP contribution is -2.19. The highest BCUT2D eigenvalue weighted by molar-refractivity contribution is 5.88. The Morgan fingerprint density at radius 2 is 2.21 bits per heavy atom. The van der Waals surface area contributed by atoms with E-state index >= 15 is 0 Å². The molecule has 2 nitrogen and oxygen atoms in total. The zero-order chi connectivity index (χ0) is 9.71. The fourth-order valence-electron chi connectivity index (χ4n) is 2.30. The molecule has 3 aliphatic rings. The second-order valence-electron chi connectivity index (χ2n) is 3.94. The van der Waals surface area contributed by atoms with Crippen LogP contribution in [-0.2, 0) is 0 Å². The number of aromatic nitrogens is 1. The Labute approximate surface area is 82.5 Å². The number of nitrogens with zero attached hydrogens (tertiary/aromatic N) is 1. The zero-order valence-corrected chi connectivity index (χ0v) is 7.97. The van der Waals surface area contributed by atoms with Gasteiger partial charge in [-0.05, 0) is 19.1 Å². The second kappa shape index (κ2) is 2.47. The summed E-state index contributed by atoms with van der Waals surface area (Å²) in [7, 11) is 0. The molecule has 2 unspecified atom stereocenters. The molecular formula is C12H11NO. The van der Waals surface area contributed by atoms with Gasteiger partial charge in [-0.25, -0.2) is 0 Å². The Bertz CT molecular complexity index is 464. The molecule has 0 N–H and O–H groups in total. The minimum atomic E-state index is -0.0418. The van der Waals surface area contributed by atoms with Gasteiger partial charge in [-0.15, -0.1) is 0 Å². The summed E-state index contributed by atoms with van der Waals surface area (Å²) in [5.41, 5.74) is 2.26. The van der Waals surface area contributed by atoms with E-state index in [1.165, 1.54) is 5.57 Å². The van der Waals surface area contributed by atoms with Crippen molar-refractivity contribution in [2.45, 2.75) is 12.8 Å². The molecule has 70 valence electrons. The van der Waals surface area contributed by atoms with Crippen LogP contribution in [0.15, 0.2) is 42.1 Å². The molecule has 2 atom stereocenters. The first-order valence-electron chi connectivity index (χ1n) is 4.85. The van der Waals surface area contributed by atoms with E-state index < -0.39 is 0 Å². The van der Waals surface area contributed by atoms with Gasteiger partial charge in [-0.1, -0.05) is 23.8 Å². The van der Waals surface area contributed by atoms with Crippen LogP contribution in [0, 0.1) is 5.92 Å². The topological polar surface area (TPSA) is 22.0 Å². The summed E-state index contributed by atoms with van der Waals surface area (Å²) in [6.45, 7) is 2.03. The summed E-state index contributed by atoms with van der Waals surface area (Å²) in [5.74, 6) is 0.419. The molecule has 1 aromatic heterocycles. The summed E-state index contributed by atoms with van der Waals surface area (Å²) in [5, 5.41) is 0. The van der Waals surface area contributed by atoms with Crippen molar-refractivity contribution in [2.24, 2.45) is 5.92 Å². The molecule has 0 saturated heterocycles. The van der Waals surface area contributed by atoms with Crippen molar-refractivity contribution in [3.63, 3.8) is 0 Å². The maximum Gasteiger partial charge on any atom is 0.241 e. The average molecular weight is 185 g/mol. The molecule has 14 heavy (non-hydrogen) atoms. The van der Waals surface area contributed by atoms with Crippen LogP contribution in [0.25, 0.3) is 0 Å². The predicted octanol–water partition coefficient (Wildman–Crippen LogP) is 2.36. The normalized spacial score (nSPS) is 28.6. The number of carbonyl (C=O) groups is 1. The van der Waals surface area contributed by atoms with E-state index in [9.17, 15) is 4.79 Å². The van der Waals surface area contributed by atoms with Crippen LogP contribution in [0.3, 0.4) is 0 Å². The third-order valence-electron chi connectivity index (χ3n) is 3.07. The van der Waals surface area contributed by atoms with E-state index in [2.05, 4.69) is 12.2 Å². The van der Waals surface area contributed by atoms with Crippen molar-refractivity contribution in [3.8, 4) is 0 Å². The van der Waals surface area contributed by atoms with E-state index in [1.807, 2.05) is 31.3 Å². The van der Waals surface area contributed by atoms with Gasteiger partial charge >= 0.3 is 0 Å². The lowest BCUT2D eigenvalue weighted by Gasteiger charge is -2.13.